The van der Waals surface area contributed by atoms with Gasteiger partial charge in [0, 0.05) is 11.1 Å². The monoisotopic (exact) mass is 281 g/mol. The summed E-state index contributed by atoms with van der Waals surface area (Å²) in [5, 5.41) is 1.15. The van der Waals surface area contributed by atoms with E-state index in [2.05, 4.69) is 0 Å². The van der Waals surface area contributed by atoms with Gasteiger partial charge in [0.25, 0.3) is 0 Å². The second-order valence-corrected chi connectivity index (χ2v) is 4.82. The first-order valence-electron chi connectivity index (χ1n) is 5.55. The lowest BCUT2D eigenvalue weighted by molar-refractivity contribution is 0.482. The van der Waals surface area contributed by atoms with Crippen molar-refractivity contribution >= 4 is 23.2 Å². The van der Waals surface area contributed by atoms with E-state index in [1.807, 2.05) is 31.2 Å². The molecule has 0 spiro atoms. The number of hydrogen-bond acceptors (Lipinski definition) is 2. The van der Waals surface area contributed by atoms with Gasteiger partial charge in [0.15, 0.2) is 0 Å². The maximum Gasteiger partial charge on any atom is 0.146 e. The Labute approximate surface area is 116 Å². The van der Waals surface area contributed by atoms with E-state index in [1.165, 1.54) is 0 Å². The van der Waals surface area contributed by atoms with Gasteiger partial charge in [-0.2, -0.15) is 0 Å². The van der Waals surface area contributed by atoms with Gasteiger partial charge in [-0.05, 0) is 36.8 Å². The maximum absolute atomic E-state index is 6.14. The van der Waals surface area contributed by atoms with Gasteiger partial charge in [-0.25, -0.2) is 0 Å². The second-order valence-electron chi connectivity index (χ2n) is 4.00. The summed E-state index contributed by atoms with van der Waals surface area (Å²) in [6, 6.07) is 12.6. The Morgan fingerprint density at radius 2 is 1.78 bits per heavy atom. The minimum absolute atomic E-state index is 0.105. The molecule has 2 nitrogen and oxygen atoms in total. The summed E-state index contributed by atoms with van der Waals surface area (Å²) < 4.78 is 5.67. The predicted molar refractivity (Wildman–Crippen MR) is 75.6 cm³/mol. The topological polar surface area (TPSA) is 35.2 Å². The van der Waals surface area contributed by atoms with Crippen LogP contribution in [-0.2, 0) is 0 Å². The van der Waals surface area contributed by atoms with Crippen LogP contribution in [-0.4, -0.2) is 0 Å². The van der Waals surface area contributed by atoms with Crippen molar-refractivity contribution in [2.24, 2.45) is 5.73 Å². The van der Waals surface area contributed by atoms with Gasteiger partial charge in [-0.1, -0.05) is 41.4 Å². The fraction of sp³-hybridized carbons (Fsp3) is 0.143. The largest absolute Gasteiger partial charge is 0.456 e. The third-order valence-electron chi connectivity index (χ3n) is 2.53. The highest BCUT2D eigenvalue weighted by molar-refractivity contribution is 6.32. The molecule has 2 N–H and O–H groups in total. The van der Waals surface area contributed by atoms with Crippen molar-refractivity contribution in [3.05, 3.63) is 58.1 Å². The molecule has 2 aromatic rings. The number of para-hydroxylation sites is 1. The van der Waals surface area contributed by atoms with Crippen LogP contribution in [0.25, 0.3) is 0 Å². The first-order chi connectivity index (χ1) is 8.58. The van der Waals surface area contributed by atoms with Gasteiger partial charge >= 0.3 is 0 Å². The fourth-order valence-corrected chi connectivity index (χ4v) is 2.11. The molecule has 1 atom stereocenters. The zero-order chi connectivity index (χ0) is 13.1. The van der Waals surface area contributed by atoms with E-state index in [0.29, 0.717) is 21.5 Å². The molecule has 0 bridgehead atoms. The Bertz CT molecular complexity index is 555. The lowest BCUT2D eigenvalue weighted by Crippen LogP contribution is -2.05. The normalized spacial score (nSPS) is 12.2. The third kappa shape index (κ3) is 2.96. The van der Waals surface area contributed by atoms with Crippen LogP contribution in [0.5, 0.6) is 11.5 Å². The van der Waals surface area contributed by atoms with Crippen LogP contribution in [0.2, 0.25) is 10.0 Å². The van der Waals surface area contributed by atoms with Crippen molar-refractivity contribution in [2.75, 3.05) is 0 Å². The Morgan fingerprint density at radius 3 is 2.39 bits per heavy atom. The minimum Gasteiger partial charge on any atom is -0.456 e. The van der Waals surface area contributed by atoms with Crippen molar-refractivity contribution in [3.63, 3.8) is 0 Å². The van der Waals surface area contributed by atoms with Crippen molar-refractivity contribution in [1.82, 2.24) is 0 Å². The number of benzene rings is 2. The molecular weight excluding hydrogens is 269 g/mol. The van der Waals surface area contributed by atoms with Crippen molar-refractivity contribution in [3.8, 4) is 11.5 Å². The first kappa shape index (κ1) is 13.2. The van der Waals surface area contributed by atoms with Crippen LogP contribution < -0.4 is 10.5 Å². The standard InChI is InChI=1S/C14H13Cl2NO/c1-9(17)11-7-6-10(8-13(11)16)18-14-5-3-2-4-12(14)15/h2-9H,17H2,1H3. The number of hydrogen-bond donors (Lipinski definition) is 1. The zero-order valence-corrected chi connectivity index (χ0v) is 11.4. The summed E-state index contributed by atoms with van der Waals surface area (Å²) in [4.78, 5) is 0. The predicted octanol–water partition coefficient (Wildman–Crippen LogP) is 4.81. The number of ether oxygens (including phenoxy) is 1. The zero-order valence-electron chi connectivity index (χ0n) is 9.86. The number of rotatable bonds is 3. The Morgan fingerprint density at radius 1 is 1.06 bits per heavy atom. The van der Waals surface area contributed by atoms with E-state index in [9.17, 15) is 0 Å². The van der Waals surface area contributed by atoms with E-state index in [4.69, 9.17) is 33.7 Å². The smallest absolute Gasteiger partial charge is 0.146 e. The van der Waals surface area contributed by atoms with Crippen LogP contribution in [0.1, 0.15) is 18.5 Å². The molecule has 0 aliphatic carbocycles. The lowest BCUT2D eigenvalue weighted by atomic mass is 10.1. The summed E-state index contributed by atoms with van der Waals surface area (Å²) in [5.74, 6) is 1.24. The van der Waals surface area contributed by atoms with E-state index in [1.54, 1.807) is 18.2 Å². The molecule has 0 aromatic heterocycles. The molecule has 2 rings (SSSR count). The first-order valence-corrected chi connectivity index (χ1v) is 6.31. The maximum atomic E-state index is 6.14. The number of halogens is 2. The number of nitrogens with two attached hydrogens (primary N) is 1. The molecule has 0 amide bonds. The van der Waals surface area contributed by atoms with Crippen LogP contribution >= 0.6 is 23.2 Å². The van der Waals surface area contributed by atoms with E-state index < -0.39 is 0 Å². The van der Waals surface area contributed by atoms with Crippen LogP contribution in [0.15, 0.2) is 42.5 Å². The fourth-order valence-electron chi connectivity index (χ4n) is 1.60. The molecule has 94 valence electrons. The molecule has 0 aliphatic heterocycles. The summed E-state index contributed by atoms with van der Waals surface area (Å²) in [6.45, 7) is 1.88. The van der Waals surface area contributed by atoms with Crippen LogP contribution in [0.3, 0.4) is 0 Å². The molecule has 18 heavy (non-hydrogen) atoms. The molecule has 0 radical (unpaired) electrons. The van der Waals surface area contributed by atoms with Crippen LogP contribution in [0, 0.1) is 0 Å². The van der Waals surface area contributed by atoms with Crippen molar-refractivity contribution < 1.29 is 4.74 Å². The van der Waals surface area contributed by atoms with Gasteiger partial charge in [-0.15, -0.1) is 0 Å². The van der Waals surface area contributed by atoms with Crippen molar-refractivity contribution in [1.29, 1.82) is 0 Å². The molecule has 4 heteroatoms. The Balaban J connectivity index is 2.26. The lowest BCUT2D eigenvalue weighted by Gasteiger charge is -2.11. The van der Waals surface area contributed by atoms with Gasteiger partial charge < -0.3 is 10.5 Å². The minimum atomic E-state index is -0.105. The SMILES string of the molecule is CC(N)c1ccc(Oc2ccccc2Cl)cc1Cl. The summed E-state index contributed by atoms with van der Waals surface area (Å²) in [6.07, 6.45) is 0. The van der Waals surface area contributed by atoms with Gasteiger partial charge in [0.05, 0.1) is 5.02 Å². The molecule has 0 saturated heterocycles. The molecule has 0 fully saturated rings. The molecule has 0 saturated carbocycles. The summed E-state index contributed by atoms with van der Waals surface area (Å²) in [5.41, 5.74) is 6.69. The molecule has 1 unspecified atom stereocenters. The van der Waals surface area contributed by atoms with Gasteiger partial charge in [0.1, 0.15) is 11.5 Å². The molecule has 0 aliphatic rings. The highest BCUT2D eigenvalue weighted by Crippen LogP contribution is 2.32. The quantitative estimate of drug-likeness (QED) is 0.877. The highest BCUT2D eigenvalue weighted by atomic mass is 35.5. The average molecular weight is 282 g/mol. The molecule has 2 aromatic carbocycles. The average Bonchev–Trinajstić information content (AvgIpc) is 2.32. The Kier molecular flexibility index (Phi) is 4.12. The summed E-state index contributed by atoms with van der Waals surface area (Å²) >= 11 is 12.2. The van der Waals surface area contributed by atoms with E-state index in [0.717, 1.165) is 5.56 Å². The summed E-state index contributed by atoms with van der Waals surface area (Å²) in [7, 11) is 0. The molecular formula is C14H13Cl2NO. The van der Waals surface area contributed by atoms with Gasteiger partial charge in [0.2, 0.25) is 0 Å². The van der Waals surface area contributed by atoms with Crippen molar-refractivity contribution in [2.45, 2.75) is 13.0 Å². The van der Waals surface area contributed by atoms with E-state index >= 15 is 0 Å². The Hall–Kier alpha value is -1.22. The second kappa shape index (κ2) is 5.61. The third-order valence-corrected chi connectivity index (χ3v) is 3.17. The van der Waals surface area contributed by atoms with E-state index in [-0.39, 0.29) is 6.04 Å². The highest BCUT2D eigenvalue weighted by Gasteiger charge is 2.08. The van der Waals surface area contributed by atoms with Crippen LogP contribution in [0.4, 0.5) is 0 Å². The molecule has 0 heterocycles. The van der Waals surface area contributed by atoms with Gasteiger partial charge in [-0.3, -0.25) is 0 Å².